The van der Waals surface area contributed by atoms with Gasteiger partial charge in [-0.25, -0.2) is 28.9 Å². The molecule has 47 heavy (non-hydrogen) atoms. The van der Waals surface area contributed by atoms with Crippen LogP contribution < -0.4 is 11.2 Å². The van der Waals surface area contributed by atoms with Crippen LogP contribution in [0.2, 0.25) is 0 Å². The molecule has 3 N–H and O–H groups in total. The predicted molar refractivity (Wildman–Crippen MR) is 161 cm³/mol. The van der Waals surface area contributed by atoms with Crippen LogP contribution in [0, 0.1) is 0 Å². The fraction of sp³-hybridized carbons (Fsp3) is 0.0690. The molecule has 7 rings (SSSR count). The average molecular weight is 662 g/mol. The lowest BCUT2D eigenvalue weighted by atomic mass is 10.1. The minimum atomic E-state index is -5.16. The van der Waals surface area contributed by atoms with Crippen molar-refractivity contribution in [3.63, 3.8) is 0 Å². The Hall–Kier alpha value is -5.61. The molecule has 0 aliphatic rings. The average Bonchev–Trinajstić information content (AvgIpc) is 3.52. The van der Waals surface area contributed by atoms with Gasteiger partial charge >= 0.3 is 19.7 Å². The van der Waals surface area contributed by atoms with Gasteiger partial charge in [0.15, 0.2) is 5.82 Å². The first-order valence-corrected chi connectivity index (χ1v) is 15.0. The van der Waals surface area contributed by atoms with Gasteiger partial charge in [-0.3, -0.25) is 24.0 Å². The molecule has 0 saturated heterocycles. The molecule has 18 heteroatoms. The summed E-state index contributed by atoms with van der Waals surface area (Å²) in [6.45, 7) is -1.19. The van der Waals surface area contributed by atoms with E-state index in [1.165, 1.54) is 18.5 Å². The Morgan fingerprint density at radius 3 is 2.45 bits per heavy atom. The summed E-state index contributed by atoms with van der Waals surface area (Å²) in [6.07, 6.45) is 1.01. The van der Waals surface area contributed by atoms with E-state index in [-0.39, 0.29) is 27.6 Å². The summed E-state index contributed by atoms with van der Waals surface area (Å²) in [5.74, 6) is 0.418. The van der Waals surface area contributed by atoms with Crippen LogP contribution in [0.3, 0.4) is 0 Å². The SMILES string of the molecule is O=c1c2cnc3ccc(-c4cnc(-c5ccc6[nH]ncc6c5)nc4)nc3c2n(-c2cccc(C(F)(F)F)c2)c(=O)n1COP(=O)(O)O. The maximum Gasteiger partial charge on any atom is 0.471 e. The molecule has 5 aromatic heterocycles. The van der Waals surface area contributed by atoms with Crippen molar-refractivity contribution >= 4 is 40.7 Å². The maximum absolute atomic E-state index is 13.8. The minimum absolute atomic E-state index is 0.0239. The second kappa shape index (κ2) is 11.0. The molecule has 0 saturated carbocycles. The molecule has 14 nitrogen and oxygen atoms in total. The summed E-state index contributed by atoms with van der Waals surface area (Å²) in [7, 11) is -5.16. The molecule has 0 aliphatic carbocycles. The molecular formula is C29H18F3N8O6P. The quantitative estimate of drug-likeness (QED) is 0.171. The Kier molecular flexibility index (Phi) is 7.05. The van der Waals surface area contributed by atoms with E-state index < -0.39 is 37.5 Å². The highest BCUT2D eigenvalue weighted by atomic mass is 31.2. The summed E-state index contributed by atoms with van der Waals surface area (Å²) >= 11 is 0. The fourth-order valence-corrected chi connectivity index (χ4v) is 5.31. The normalized spacial score (nSPS) is 12.4. The molecule has 0 unspecified atom stereocenters. The van der Waals surface area contributed by atoms with Gasteiger partial charge < -0.3 is 9.79 Å². The molecule has 0 atom stereocenters. The van der Waals surface area contributed by atoms with Gasteiger partial charge in [-0.1, -0.05) is 6.07 Å². The molecule has 0 spiro atoms. The van der Waals surface area contributed by atoms with Gasteiger partial charge in [-0.2, -0.15) is 18.3 Å². The standard InChI is InChI=1S/C29H18F3N8O6P/c30-29(31,32)18-2-1-3-19(9-18)40-25-20(27(41)39(28(40)42)14-46-47(43,44)45)13-33-23-7-6-21(37-24(23)25)17-10-34-26(35-11-17)15-4-5-22-16(8-15)12-36-38-22/h1-13H,14H2,(H,36,38)(H2,43,44,45). The highest BCUT2D eigenvalue weighted by Gasteiger charge is 2.31. The Morgan fingerprint density at radius 1 is 0.915 bits per heavy atom. The zero-order chi connectivity index (χ0) is 33.1. The molecule has 0 aliphatic heterocycles. The number of fused-ring (bicyclic) bond motifs is 4. The van der Waals surface area contributed by atoms with Crippen LogP contribution in [0.1, 0.15) is 5.56 Å². The van der Waals surface area contributed by atoms with Crippen LogP contribution in [0.4, 0.5) is 13.2 Å². The first-order valence-electron chi connectivity index (χ1n) is 13.5. The number of halogens is 3. The van der Waals surface area contributed by atoms with Crippen LogP contribution in [0.15, 0.2) is 89.0 Å². The molecule has 0 radical (unpaired) electrons. The Morgan fingerprint density at radius 2 is 1.70 bits per heavy atom. The lowest BCUT2D eigenvalue weighted by molar-refractivity contribution is -0.137. The smallest absolute Gasteiger partial charge is 0.303 e. The van der Waals surface area contributed by atoms with Crippen LogP contribution in [-0.2, 0) is 22.0 Å². The monoisotopic (exact) mass is 662 g/mol. The van der Waals surface area contributed by atoms with Crippen LogP contribution in [0.5, 0.6) is 0 Å². The van der Waals surface area contributed by atoms with Crippen LogP contribution >= 0.6 is 7.82 Å². The number of nitrogens with one attached hydrogen (secondary N) is 1. The number of phosphoric ester groups is 1. The van der Waals surface area contributed by atoms with E-state index in [4.69, 9.17) is 0 Å². The van der Waals surface area contributed by atoms with Crippen molar-refractivity contribution in [1.82, 2.24) is 39.3 Å². The first kappa shape index (κ1) is 30.1. The fourth-order valence-electron chi connectivity index (χ4n) is 5.04. The molecule has 0 fully saturated rings. The van der Waals surface area contributed by atoms with Gasteiger partial charge in [-0.15, -0.1) is 0 Å². The second-order valence-corrected chi connectivity index (χ2v) is 11.4. The lowest BCUT2D eigenvalue weighted by Crippen LogP contribution is -2.40. The summed E-state index contributed by atoms with van der Waals surface area (Å²) in [5, 5.41) is 7.45. The van der Waals surface area contributed by atoms with Crippen LogP contribution in [0.25, 0.3) is 61.2 Å². The van der Waals surface area contributed by atoms with Crippen molar-refractivity contribution in [2.24, 2.45) is 0 Å². The van der Waals surface area contributed by atoms with Crippen molar-refractivity contribution in [2.75, 3.05) is 0 Å². The molecule has 2 aromatic carbocycles. The van der Waals surface area contributed by atoms with Crippen LogP contribution in [-0.4, -0.2) is 49.1 Å². The summed E-state index contributed by atoms with van der Waals surface area (Å²) in [4.78, 5) is 63.3. The number of benzene rings is 2. The molecule has 236 valence electrons. The molecule has 0 bridgehead atoms. The molecule has 0 amide bonds. The van der Waals surface area contributed by atoms with Crippen molar-refractivity contribution in [3.05, 3.63) is 106 Å². The number of pyridine rings is 2. The van der Waals surface area contributed by atoms with Crippen molar-refractivity contribution in [3.8, 4) is 28.3 Å². The van der Waals surface area contributed by atoms with E-state index in [9.17, 15) is 37.1 Å². The van der Waals surface area contributed by atoms with Gasteiger partial charge in [0.2, 0.25) is 0 Å². The number of alkyl halides is 3. The zero-order valence-electron chi connectivity index (χ0n) is 23.5. The number of aromatic amines is 1. The first-order chi connectivity index (χ1) is 22.4. The van der Waals surface area contributed by atoms with E-state index in [0.717, 1.165) is 39.4 Å². The van der Waals surface area contributed by atoms with E-state index in [2.05, 4.69) is 34.7 Å². The summed E-state index contributed by atoms with van der Waals surface area (Å²) in [6, 6.07) is 12.5. The van der Waals surface area contributed by atoms with Crippen molar-refractivity contribution in [1.29, 1.82) is 0 Å². The van der Waals surface area contributed by atoms with Gasteiger partial charge in [0.1, 0.15) is 12.2 Å². The number of nitrogens with zero attached hydrogens (tertiary/aromatic N) is 7. The van der Waals surface area contributed by atoms with E-state index in [1.807, 2.05) is 18.2 Å². The second-order valence-electron chi connectivity index (χ2n) is 10.2. The third-order valence-corrected chi connectivity index (χ3v) is 7.69. The van der Waals surface area contributed by atoms with E-state index >= 15 is 0 Å². The topological polar surface area (TPSA) is 191 Å². The number of phosphoric acid groups is 1. The Labute approximate surface area is 259 Å². The highest BCUT2D eigenvalue weighted by Crippen LogP contribution is 2.36. The molecule has 5 heterocycles. The summed E-state index contributed by atoms with van der Waals surface area (Å²) in [5.41, 5.74) is -1.41. The zero-order valence-corrected chi connectivity index (χ0v) is 24.3. The molecule has 7 aromatic rings. The Balaban J connectivity index is 1.43. The van der Waals surface area contributed by atoms with E-state index in [0.29, 0.717) is 27.7 Å². The highest BCUT2D eigenvalue weighted by molar-refractivity contribution is 7.46. The third kappa shape index (κ3) is 5.57. The summed E-state index contributed by atoms with van der Waals surface area (Å²) < 4.78 is 58.0. The lowest BCUT2D eigenvalue weighted by Gasteiger charge is -2.17. The number of hydrogen-bond acceptors (Lipinski definition) is 9. The maximum atomic E-state index is 13.8. The largest absolute Gasteiger partial charge is 0.471 e. The Bertz CT molecular complexity index is 2530. The van der Waals surface area contributed by atoms with Gasteiger partial charge in [0.05, 0.1) is 45.1 Å². The van der Waals surface area contributed by atoms with Gasteiger partial charge in [-0.05, 0) is 48.5 Å². The van der Waals surface area contributed by atoms with Gasteiger partial charge in [0.25, 0.3) is 5.56 Å². The predicted octanol–water partition coefficient (Wildman–Crippen LogP) is 4.18. The number of H-pyrrole nitrogens is 1. The molecular weight excluding hydrogens is 644 g/mol. The number of aromatic nitrogens is 8. The van der Waals surface area contributed by atoms with E-state index in [1.54, 1.807) is 18.3 Å². The third-order valence-electron chi connectivity index (χ3n) is 7.24. The minimum Gasteiger partial charge on any atom is -0.303 e. The van der Waals surface area contributed by atoms with Crippen molar-refractivity contribution in [2.45, 2.75) is 12.9 Å². The van der Waals surface area contributed by atoms with Crippen molar-refractivity contribution < 1.29 is 32.0 Å². The number of rotatable bonds is 6. The van der Waals surface area contributed by atoms with Gasteiger partial charge in [0, 0.05) is 35.1 Å². The number of hydrogen-bond donors (Lipinski definition) is 3.